The molecule has 0 saturated heterocycles. The van der Waals surface area contributed by atoms with Crippen LogP contribution in [0.1, 0.15) is 29.7 Å². The van der Waals surface area contributed by atoms with Gasteiger partial charge < -0.3 is 5.32 Å². The Kier molecular flexibility index (Phi) is 4.22. The molecule has 0 aliphatic heterocycles. The molecule has 0 saturated carbocycles. The summed E-state index contributed by atoms with van der Waals surface area (Å²) in [7, 11) is 0. The maximum absolute atomic E-state index is 13.9. The molecule has 100 valence electrons. The molecule has 1 atom stereocenters. The van der Waals surface area contributed by atoms with Crippen molar-refractivity contribution in [3.63, 3.8) is 0 Å². The van der Waals surface area contributed by atoms with Gasteiger partial charge in [0.2, 0.25) is 0 Å². The van der Waals surface area contributed by atoms with Crippen molar-refractivity contribution in [2.45, 2.75) is 19.9 Å². The monoisotopic (exact) mass is 262 g/mol. The number of rotatable bonds is 4. The highest BCUT2D eigenvalue weighted by Gasteiger charge is 2.17. The molecule has 1 N–H and O–H groups in total. The van der Waals surface area contributed by atoms with Gasteiger partial charge in [-0.15, -0.1) is 0 Å². The Hall–Kier alpha value is -1.81. The molecule has 2 nitrogen and oxygen atoms in total. The predicted molar refractivity (Wildman–Crippen MR) is 70.9 cm³/mol. The Morgan fingerprint density at radius 1 is 1.21 bits per heavy atom. The second-order valence-corrected chi connectivity index (χ2v) is 4.45. The number of benzene rings is 1. The summed E-state index contributed by atoms with van der Waals surface area (Å²) in [4.78, 5) is 4.12. The summed E-state index contributed by atoms with van der Waals surface area (Å²) in [5, 5.41) is 3.20. The van der Waals surface area contributed by atoms with Gasteiger partial charge >= 0.3 is 0 Å². The molecule has 0 aliphatic carbocycles. The first-order valence-electron chi connectivity index (χ1n) is 6.21. The molecule has 0 radical (unpaired) electrons. The molecular formula is C15H16F2N2. The lowest BCUT2D eigenvalue weighted by atomic mass is 9.98. The third kappa shape index (κ3) is 3.15. The Bertz CT molecular complexity index is 570. The van der Waals surface area contributed by atoms with Gasteiger partial charge in [-0.3, -0.25) is 4.98 Å². The highest BCUT2D eigenvalue weighted by Crippen LogP contribution is 2.25. The normalized spacial score (nSPS) is 12.4. The maximum atomic E-state index is 13.9. The van der Waals surface area contributed by atoms with Crippen LogP contribution in [0.3, 0.4) is 0 Å². The fourth-order valence-corrected chi connectivity index (χ4v) is 2.08. The lowest BCUT2D eigenvalue weighted by Gasteiger charge is -2.19. The third-order valence-electron chi connectivity index (χ3n) is 2.91. The first kappa shape index (κ1) is 13.6. The van der Waals surface area contributed by atoms with Crippen LogP contribution >= 0.6 is 0 Å². The quantitative estimate of drug-likeness (QED) is 0.913. The van der Waals surface area contributed by atoms with E-state index in [0.29, 0.717) is 12.1 Å². The Morgan fingerprint density at radius 2 is 2.00 bits per heavy atom. The molecule has 2 aromatic rings. The van der Waals surface area contributed by atoms with Crippen LogP contribution in [-0.2, 0) is 0 Å². The average molecular weight is 262 g/mol. The average Bonchev–Trinajstić information content (AvgIpc) is 2.37. The van der Waals surface area contributed by atoms with E-state index < -0.39 is 11.6 Å². The fourth-order valence-electron chi connectivity index (χ4n) is 2.08. The van der Waals surface area contributed by atoms with E-state index in [2.05, 4.69) is 10.3 Å². The summed E-state index contributed by atoms with van der Waals surface area (Å²) in [6.07, 6.45) is 3.44. The van der Waals surface area contributed by atoms with Gasteiger partial charge in [0.15, 0.2) is 0 Å². The van der Waals surface area contributed by atoms with Gasteiger partial charge in [0.25, 0.3) is 0 Å². The van der Waals surface area contributed by atoms with E-state index in [1.54, 1.807) is 12.4 Å². The zero-order chi connectivity index (χ0) is 13.8. The molecule has 0 aliphatic rings. The maximum Gasteiger partial charge on any atom is 0.131 e. The van der Waals surface area contributed by atoms with E-state index >= 15 is 0 Å². The first-order chi connectivity index (χ1) is 9.11. The standard InChI is InChI=1S/C15H16F2N2/c1-3-19-15(11-6-10(2)8-18-9-11)13-5-4-12(16)7-14(13)17/h4-9,15,19H,3H2,1-2H3. The molecule has 19 heavy (non-hydrogen) atoms. The van der Waals surface area contributed by atoms with Crippen molar-refractivity contribution in [2.24, 2.45) is 0 Å². The molecule has 0 amide bonds. The van der Waals surface area contributed by atoms with E-state index in [9.17, 15) is 8.78 Å². The number of hydrogen-bond acceptors (Lipinski definition) is 2. The van der Waals surface area contributed by atoms with Crippen molar-refractivity contribution in [3.8, 4) is 0 Å². The smallest absolute Gasteiger partial charge is 0.131 e. The van der Waals surface area contributed by atoms with E-state index in [0.717, 1.165) is 17.2 Å². The van der Waals surface area contributed by atoms with Gasteiger partial charge in [-0.05, 0) is 30.7 Å². The molecule has 1 unspecified atom stereocenters. The molecular weight excluding hydrogens is 246 g/mol. The van der Waals surface area contributed by atoms with Crippen molar-refractivity contribution in [1.82, 2.24) is 10.3 Å². The molecule has 0 bridgehead atoms. The second kappa shape index (κ2) is 5.89. The van der Waals surface area contributed by atoms with Crippen LogP contribution in [0.5, 0.6) is 0 Å². The minimum absolute atomic E-state index is 0.321. The summed E-state index contributed by atoms with van der Waals surface area (Å²) in [6, 6.07) is 5.27. The largest absolute Gasteiger partial charge is 0.306 e. The second-order valence-electron chi connectivity index (χ2n) is 4.45. The molecule has 0 spiro atoms. The summed E-state index contributed by atoms with van der Waals surface area (Å²) in [5.41, 5.74) is 2.30. The summed E-state index contributed by atoms with van der Waals surface area (Å²) in [6.45, 7) is 4.55. The van der Waals surface area contributed by atoms with Gasteiger partial charge in [-0.1, -0.05) is 19.1 Å². The van der Waals surface area contributed by atoms with Crippen LogP contribution in [0.2, 0.25) is 0 Å². The Morgan fingerprint density at radius 3 is 2.63 bits per heavy atom. The summed E-state index contributed by atoms with van der Waals surface area (Å²) in [5.74, 6) is -1.12. The SMILES string of the molecule is CCNC(c1cncc(C)c1)c1ccc(F)cc1F. The van der Waals surface area contributed by atoms with Gasteiger partial charge in [0, 0.05) is 24.0 Å². The molecule has 2 rings (SSSR count). The Labute approximate surface area is 111 Å². The van der Waals surface area contributed by atoms with E-state index in [1.807, 2.05) is 19.9 Å². The third-order valence-corrected chi connectivity index (χ3v) is 2.91. The zero-order valence-electron chi connectivity index (χ0n) is 11.0. The number of aryl methyl sites for hydroxylation is 1. The molecule has 4 heteroatoms. The van der Waals surface area contributed by atoms with Crippen LogP contribution in [0.15, 0.2) is 36.7 Å². The van der Waals surface area contributed by atoms with Gasteiger partial charge in [-0.25, -0.2) is 8.78 Å². The van der Waals surface area contributed by atoms with Crippen molar-refractivity contribution in [2.75, 3.05) is 6.54 Å². The zero-order valence-corrected chi connectivity index (χ0v) is 11.0. The molecule has 1 heterocycles. The van der Waals surface area contributed by atoms with Crippen molar-refractivity contribution in [3.05, 3.63) is 65.0 Å². The Balaban J connectivity index is 2.45. The number of pyridine rings is 1. The molecule has 1 aromatic carbocycles. The van der Waals surface area contributed by atoms with Crippen molar-refractivity contribution < 1.29 is 8.78 Å². The topological polar surface area (TPSA) is 24.9 Å². The predicted octanol–water partition coefficient (Wildman–Crippen LogP) is 3.37. The van der Waals surface area contributed by atoms with Gasteiger partial charge in [0.1, 0.15) is 11.6 Å². The first-order valence-corrected chi connectivity index (χ1v) is 6.21. The van der Waals surface area contributed by atoms with Crippen LogP contribution in [0, 0.1) is 18.6 Å². The van der Waals surface area contributed by atoms with E-state index in [-0.39, 0.29) is 6.04 Å². The van der Waals surface area contributed by atoms with Crippen molar-refractivity contribution in [1.29, 1.82) is 0 Å². The number of nitrogens with zero attached hydrogens (tertiary/aromatic N) is 1. The minimum Gasteiger partial charge on any atom is -0.306 e. The molecule has 0 fully saturated rings. The van der Waals surface area contributed by atoms with Gasteiger partial charge in [-0.2, -0.15) is 0 Å². The van der Waals surface area contributed by atoms with Crippen LogP contribution < -0.4 is 5.32 Å². The molecule has 1 aromatic heterocycles. The minimum atomic E-state index is -0.570. The van der Waals surface area contributed by atoms with Crippen LogP contribution in [0.4, 0.5) is 8.78 Å². The highest BCUT2D eigenvalue weighted by molar-refractivity contribution is 5.33. The summed E-state index contributed by atoms with van der Waals surface area (Å²) < 4.78 is 26.9. The number of hydrogen-bond donors (Lipinski definition) is 1. The summed E-state index contributed by atoms with van der Waals surface area (Å²) >= 11 is 0. The lowest BCUT2D eigenvalue weighted by Crippen LogP contribution is -2.23. The van der Waals surface area contributed by atoms with Gasteiger partial charge in [0.05, 0.1) is 6.04 Å². The number of halogens is 2. The number of aromatic nitrogens is 1. The van der Waals surface area contributed by atoms with Crippen LogP contribution in [0.25, 0.3) is 0 Å². The van der Waals surface area contributed by atoms with E-state index in [4.69, 9.17) is 0 Å². The van der Waals surface area contributed by atoms with Crippen LogP contribution in [-0.4, -0.2) is 11.5 Å². The van der Waals surface area contributed by atoms with E-state index in [1.165, 1.54) is 12.1 Å². The van der Waals surface area contributed by atoms with Crippen molar-refractivity contribution >= 4 is 0 Å². The fraction of sp³-hybridized carbons (Fsp3) is 0.267. The lowest BCUT2D eigenvalue weighted by molar-refractivity contribution is 0.540. The number of nitrogens with one attached hydrogen (secondary N) is 1. The highest BCUT2D eigenvalue weighted by atomic mass is 19.1.